The van der Waals surface area contributed by atoms with Crippen LogP contribution < -0.4 is 5.32 Å². The molecule has 88 valence electrons. The number of unbranched alkanes of at least 4 members (excludes halogenated alkanes) is 1. The second-order valence-corrected chi connectivity index (χ2v) is 3.69. The van der Waals surface area contributed by atoms with Crippen LogP contribution in [0.15, 0.2) is 30.3 Å². The Balaban J connectivity index is 2.03. The van der Waals surface area contributed by atoms with E-state index in [0.717, 1.165) is 24.9 Å². The van der Waals surface area contributed by atoms with E-state index >= 15 is 0 Å². The molecule has 0 aliphatic carbocycles. The molecular formula is C12H15N5. The fourth-order valence-electron chi connectivity index (χ4n) is 1.38. The van der Waals surface area contributed by atoms with Crippen LogP contribution in [0.5, 0.6) is 0 Å². The lowest BCUT2D eigenvalue weighted by molar-refractivity contribution is 0.802. The van der Waals surface area contributed by atoms with Crippen LogP contribution in [0.25, 0.3) is 11.4 Å². The Bertz CT molecular complexity index is 440. The van der Waals surface area contributed by atoms with Gasteiger partial charge in [-0.25, -0.2) is 0 Å². The van der Waals surface area contributed by atoms with Gasteiger partial charge in [0.15, 0.2) is 0 Å². The summed E-state index contributed by atoms with van der Waals surface area (Å²) in [5.41, 5.74) is 0.924. The minimum Gasteiger partial charge on any atom is -0.352 e. The van der Waals surface area contributed by atoms with Gasteiger partial charge in [-0.1, -0.05) is 43.7 Å². The van der Waals surface area contributed by atoms with E-state index in [0.29, 0.717) is 11.8 Å². The van der Waals surface area contributed by atoms with Crippen molar-refractivity contribution in [1.29, 1.82) is 0 Å². The molecule has 0 saturated heterocycles. The molecule has 1 aromatic heterocycles. The molecule has 0 unspecified atom stereocenters. The van der Waals surface area contributed by atoms with Crippen molar-refractivity contribution in [3.8, 4) is 11.4 Å². The minimum absolute atomic E-state index is 0.484. The van der Waals surface area contributed by atoms with Gasteiger partial charge in [0.2, 0.25) is 5.82 Å². The van der Waals surface area contributed by atoms with E-state index in [2.05, 4.69) is 32.6 Å². The molecular weight excluding hydrogens is 214 g/mol. The van der Waals surface area contributed by atoms with Crippen LogP contribution in [0.1, 0.15) is 19.8 Å². The third kappa shape index (κ3) is 3.21. The maximum atomic E-state index is 4.04. The van der Waals surface area contributed by atoms with Gasteiger partial charge in [0.1, 0.15) is 0 Å². The van der Waals surface area contributed by atoms with Crippen LogP contribution in [-0.4, -0.2) is 26.9 Å². The normalized spacial score (nSPS) is 10.2. The molecule has 0 spiro atoms. The molecule has 17 heavy (non-hydrogen) atoms. The van der Waals surface area contributed by atoms with Crippen molar-refractivity contribution in [3.05, 3.63) is 30.3 Å². The van der Waals surface area contributed by atoms with Crippen molar-refractivity contribution in [2.75, 3.05) is 11.9 Å². The Morgan fingerprint density at radius 1 is 1.00 bits per heavy atom. The van der Waals surface area contributed by atoms with Crippen LogP contribution >= 0.6 is 0 Å². The molecule has 2 aromatic rings. The van der Waals surface area contributed by atoms with E-state index in [-0.39, 0.29) is 0 Å². The number of nitrogens with one attached hydrogen (secondary N) is 1. The molecule has 5 nitrogen and oxygen atoms in total. The zero-order valence-corrected chi connectivity index (χ0v) is 9.80. The zero-order valence-electron chi connectivity index (χ0n) is 9.80. The third-order valence-electron chi connectivity index (χ3n) is 2.32. The standard InChI is InChI=1S/C12H15N5/c1-2-3-9-13-12-16-14-11(15-17-12)10-7-5-4-6-8-10/h4-8H,2-3,9H2,1H3,(H,13,16,17). The van der Waals surface area contributed by atoms with Crippen molar-refractivity contribution < 1.29 is 0 Å². The Hall–Kier alpha value is -2.04. The van der Waals surface area contributed by atoms with Crippen LogP contribution in [0.2, 0.25) is 0 Å². The summed E-state index contributed by atoms with van der Waals surface area (Å²) in [6.07, 6.45) is 2.22. The van der Waals surface area contributed by atoms with Gasteiger partial charge < -0.3 is 5.32 Å². The summed E-state index contributed by atoms with van der Waals surface area (Å²) in [6, 6.07) is 9.69. The fourth-order valence-corrected chi connectivity index (χ4v) is 1.38. The maximum absolute atomic E-state index is 4.04. The highest BCUT2D eigenvalue weighted by Crippen LogP contribution is 2.11. The van der Waals surface area contributed by atoms with Gasteiger partial charge in [0.25, 0.3) is 5.95 Å². The number of nitrogens with zero attached hydrogens (tertiary/aromatic N) is 4. The first-order valence-corrected chi connectivity index (χ1v) is 5.77. The molecule has 0 aliphatic rings. The molecule has 1 N–H and O–H groups in total. The van der Waals surface area contributed by atoms with Gasteiger partial charge >= 0.3 is 0 Å². The van der Waals surface area contributed by atoms with E-state index in [1.807, 2.05) is 30.3 Å². The fraction of sp³-hybridized carbons (Fsp3) is 0.333. The summed E-state index contributed by atoms with van der Waals surface area (Å²) in [6.45, 7) is 2.99. The average molecular weight is 229 g/mol. The molecule has 1 aromatic carbocycles. The first-order valence-electron chi connectivity index (χ1n) is 5.77. The molecule has 0 atom stereocenters. The lowest BCUT2D eigenvalue weighted by Crippen LogP contribution is -2.08. The highest BCUT2D eigenvalue weighted by molar-refractivity contribution is 5.53. The number of rotatable bonds is 5. The van der Waals surface area contributed by atoms with Gasteiger partial charge in [-0.2, -0.15) is 0 Å². The summed E-state index contributed by atoms with van der Waals surface area (Å²) < 4.78 is 0. The van der Waals surface area contributed by atoms with E-state index in [1.54, 1.807) is 0 Å². The van der Waals surface area contributed by atoms with Gasteiger partial charge in [-0.3, -0.25) is 0 Å². The summed E-state index contributed by atoms with van der Waals surface area (Å²) in [4.78, 5) is 0. The highest BCUT2D eigenvalue weighted by atomic mass is 15.3. The number of anilines is 1. The average Bonchev–Trinajstić information content (AvgIpc) is 2.41. The number of benzene rings is 1. The van der Waals surface area contributed by atoms with Crippen LogP contribution in [0.3, 0.4) is 0 Å². The predicted octanol–water partition coefficient (Wildman–Crippen LogP) is 2.15. The second-order valence-electron chi connectivity index (χ2n) is 3.69. The molecule has 2 rings (SSSR count). The molecule has 5 heteroatoms. The second kappa shape index (κ2) is 5.89. The molecule has 0 amide bonds. The highest BCUT2D eigenvalue weighted by Gasteiger charge is 2.02. The molecule has 0 saturated carbocycles. The van der Waals surface area contributed by atoms with Crippen molar-refractivity contribution in [2.45, 2.75) is 19.8 Å². The largest absolute Gasteiger partial charge is 0.352 e. The quantitative estimate of drug-likeness (QED) is 0.796. The summed E-state index contributed by atoms with van der Waals surface area (Å²) >= 11 is 0. The lowest BCUT2D eigenvalue weighted by atomic mass is 10.2. The Morgan fingerprint density at radius 2 is 1.71 bits per heavy atom. The number of hydrogen-bond donors (Lipinski definition) is 1. The topological polar surface area (TPSA) is 63.6 Å². The van der Waals surface area contributed by atoms with Crippen LogP contribution in [0.4, 0.5) is 5.95 Å². The molecule has 0 aliphatic heterocycles. The van der Waals surface area contributed by atoms with Crippen LogP contribution in [0, 0.1) is 0 Å². The Morgan fingerprint density at radius 3 is 2.35 bits per heavy atom. The Kier molecular flexibility index (Phi) is 3.96. The minimum atomic E-state index is 0.484. The van der Waals surface area contributed by atoms with Gasteiger partial charge in [-0.15, -0.1) is 20.4 Å². The first-order chi connectivity index (χ1) is 8.40. The smallest absolute Gasteiger partial charge is 0.262 e. The maximum Gasteiger partial charge on any atom is 0.262 e. The molecule has 0 radical (unpaired) electrons. The summed E-state index contributed by atoms with van der Waals surface area (Å²) in [5.74, 6) is 1.03. The predicted molar refractivity (Wildman–Crippen MR) is 66.5 cm³/mol. The summed E-state index contributed by atoms with van der Waals surface area (Å²) in [7, 11) is 0. The van der Waals surface area contributed by atoms with E-state index < -0.39 is 0 Å². The van der Waals surface area contributed by atoms with Gasteiger partial charge in [0.05, 0.1) is 0 Å². The van der Waals surface area contributed by atoms with Crippen molar-refractivity contribution >= 4 is 5.95 Å². The van der Waals surface area contributed by atoms with Gasteiger partial charge in [0, 0.05) is 12.1 Å². The monoisotopic (exact) mass is 229 g/mol. The zero-order chi connectivity index (χ0) is 11.9. The number of aromatic nitrogens is 4. The van der Waals surface area contributed by atoms with Crippen molar-refractivity contribution in [2.24, 2.45) is 0 Å². The summed E-state index contributed by atoms with van der Waals surface area (Å²) in [5, 5.41) is 19.1. The molecule has 0 bridgehead atoms. The number of hydrogen-bond acceptors (Lipinski definition) is 5. The van der Waals surface area contributed by atoms with Gasteiger partial charge in [-0.05, 0) is 6.42 Å². The van der Waals surface area contributed by atoms with Crippen LogP contribution in [-0.2, 0) is 0 Å². The lowest BCUT2D eigenvalue weighted by Gasteiger charge is -2.02. The van der Waals surface area contributed by atoms with Crippen molar-refractivity contribution in [3.63, 3.8) is 0 Å². The molecule has 0 fully saturated rings. The Labute approximate surface area is 100 Å². The van der Waals surface area contributed by atoms with E-state index in [1.165, 1.54) is 0 Å². The third-order valence-corrected chi connectivity index (χ3v) is 2.32. The first kappa shape index (κ1) is 11.4. The van der Waals surface area contributed by atoms with E-state index in [9.17, 15) is 0 Å². The molecule has 1 heterocycles. The SMILES string of the molecule is CCCCNc1nnc(-c2ccccc2)nn1. The van der Waals surface area contributed by atoms with E-state index in [4.69, 9.17) is 0 Å². The van der Waals surface area contributed by atoms with Crippen molar-refractivity contribution in [1.82, 2.24) is 20.4 Å².